The number of pyridine rings is 1. The van der Waals surface area contributed by atoms with Crippen molar-refractivity contribution in [1.29, 1.82) is 0 Å². The molecule has 6 nitrogen and oxygen atoms in total. The second-order valence-electron chi connectivity index (χ2n) is 6.45. The van der Waals surface area contributed by atoms with Crippen LogP contribution in [0.2, 0.25) is 0 Å². The van der Waals surface area contributed by atoms with Crippen molar-refractivity contribution in [3.63, 3.8) is 0 Å². The number of aromatic nitrogens is 1. The molecule has 4 rings (SSSR count). The van der Waals surface area contributed by atoms with E-state index < -0.39 is 5.97 Å². The van der Waals surface area contributed by atoms with Crippen LogP contribution >= 0.6 is 0 Å². The summed E-state index contributed by atoms with van der Waals surface area (Å²) < 4.78 is 0. The van der Waals surface area contributed by atoms with Gasteiger partial charge in [0.1, 0.15) is 0 Å². The maximum Gasteiger partial charge on any atom is 1.00 e. The fourth-order valence-corrected chi connectivity index (χ4v) is 3.25. The summed E-state index contributed by atoms with van der Waals surface area (Å²) in [5.74, 6) is -1.20. The minimum atomic E-state index is -1.20. The number of carbonyl (C=O) groups is 1. The van der Waals surface area contributed by atoms with Crippen molar-refractivity contribution in [2.45, 2.75) is 6.61 Å². The molecule has 3 N–H and O–H groups in total. The molecule has 140 valence electrons. The number of para-hydroxylation sites is 2. The van der Waals surface area contributed by atoms with Gasteiger partial charge in [0, 0.05) is 22.1 Å². The average Bonchev–Trinajstić information content (AvgIpc) is 2.72. The van der Waals surface area contributed by atoms with Crippen molar-refractivity contribution in [1.82, 2.24) is 4.98 Å². The summed E-state index contributed by atoms with van der Waals surface area (Å²) in [5, 5.41) is 28.5. The summed E-state index contributed by atoms with van der Waals surface area (Å²) >= 11 is 0. The van der Waals surface area contributed by atoms with E-state index in [2.05, 4.69) is 10.6 Å². The molecule has 0 bridgehead atoms. The van der Waals surface area contributed by atoms with Crippen molar-refractivity contribution < 1.29 is 44.6 Å². The summed E-state index contributed by atoms with van der Waals surface area (Å²) in [6.45, 7) is -0.469. The summed E-state index contributed by atoms with van der Waals surface area (Å²) in [7, 11) is 0. The van der Waals surface area contributed by atoms with Crippen LogP contribution in [0.5, 0.6) is 0 Å². The van der Waals surface area contributed by atoms with Crippen molar-refractivity contribution in [3.05, 3.63) is 72.3 Å². The van der Waals surface area contributed by atoms with Crippen LogP contribution < -0.4 is 45.3 Å². The zero-order valence-electron chi connectivity index (χ0n) is 16.0. The Balaban J connectivity index is 0.00000240. The van der Waals surface area contributed by atoms with Crippen LogP contribution in [0.1, 0.15) is 5.56 Å². The first-order valence-electron chi connectivity index (χ1n) is 8.87. The predicted octanol–water partition coefficient (Wildman–Crippen LogP) is -0.210. The molecular formula is C22H18N3NaO3. The molecule has 1 aromatic heterocycles. The molecule has 0 unspecified atom stereocenters. The molecule has 3 aromatic carbocycles. The van der Waals surface area contributed by atoms with Gasteiger partial charge in [0.05, 0.1) is 35.8 Å². The van der Waals surface area contributed by atoms with E-state index in [1.54, 1.807) is 12.1 Å². The number of hydrogen-bond acceptors (Lipinski definition) is 6. The molecule has 0 fully saturated rings. The number of benzene rings is 3. The zero-order chi connectivity index (χ0) is 19.5. The largest absolute Gasteiger partial charge is 1.00 e. The van der Waals surface area contributed by atoms with Crippen molar-refractivity contribution in [2.75, 3.05) is 17.2 Å². The van der Waals surface area contributed by atoms with Gasteiger partial charge >= 0.3 is 29.6 Å². The van der Waals surface area contributed by atoms with Gasteiger partial charge in [-0.1, -0.05) is 36.4 Å². The number of aliphatic carboxylic acids is 1. The van der Waals surface area contributed by atoms with Crippen molar-refractivity contribution >= 4 is 44.8 Å². The van der Waals surface area contributed by atoms with E-state index in [1.165, 1.54) is 0 Å². The monoisotopic (exact) mass is 395 g/mol. The minimum Gasteiger partial charge on any atom is -0.548 e. The van der Waals surface area contributed by atoms with Gasteiger partial charge in [-0.05, 0) is 35.9 Å². The number of carboxylic acid groups (broad SMARTS) is 1. The number of rotatable bonds is 6. The molecule has 0 saturated heterocycles. The van der Waals surface area contributed by atoms with Crippen LogP contribution in [-0.4, -0.2) is 22.6 Å². The summed E-state index contributed by atoms with van der Waals surface area (Å²) in [6, 6.07) is 21.1. The molecule has 4 aromatic rings. The Morgan fingerprint density at radius 3 is 2.10 bits per heavy atom. The molecule has 0 aliphatic heterocycles. The molecule has 0 aliphatic carbocycles. The summed E-state index contributed by atoms with van der Waals surface area (Å²) in [5.41, 5.74) is 4.63. The third kappa shape index (κ3) is 4.68. The van der Waals surface area contributed by atoms with Crippen LogP contribution in [0.25, 0.3) is 21.8 Å². The maximum absolute atomic E-state index is 10.8. The molecule has 0 saturated carbocycles. The van der Waals surface area contributed by atoms with Crippen LogP contribution in [0, 0.1) is 0 Å². The summed E-state index contributed by atoms with van der Waals surface area (Å²) in [4.78, 5) is 15.5. The van der Waals surface area contributed by atoms with E-state index in [4.69, 9.17) is 4.98 Å². The Bertz CT molecular complexity index is 1130. The minimum absolute atomic E-state index is 0. The maximum atomic E-state index is 10.8. The zero-order valence-corrected chi connectivity index (χ0v) is 18.0. The van der Waals surface area contributed by atoms with E-state index in [9.17, 15) is 15.0 Å². The van der Waals surface area contributed by atoms with Gasteiger partial charge in [-0.2, -0.15) is 0 Å². The van der Waals surface area contributed by atoms with Crippen LogP contribution in [0.4, 0.5) is 17.1 Å². The van der Waals surface area contributed by atoms with Gasteiger partial charge in [0.15, 0.2) is 0 Å². The Kier molecular flexibility index (Phi) is 6.71. The van der Waals surface area contributed by atoms with Gasteiger partial charge in [-0.15, -0.1) is 0 Å². The molecule has 0 atom stereocenters. The Labute approximate surface area is 189 Å². The van der Waals surface area contributed by atoms with Crippen molar-refractivity contribution in [2.24, 2.45) is 0 Å². The van der Waals surface area contributed by atoms with Gasteiger partial charge in [0.25, 0.3) is 0 Å². The second kappa shape index (κ2) is 9.24. The fourth-order valence-electron chi connectivity index (χ4n) is 3.25. The number of nitrogens with one attached hydrogen (secondary N) is 2. The number of carboxylic acids is 1. The van der Waals surface area contributed by atoms with E-state index in [1.807, 2.05) is 54.6 Å². The molecule has 0 radical (unpaired) electrons. The second-order valence-corrected chi connectivity index (χ2v) is 6.45. The van der Waals surface area contributed by atoms with E-state index in [0.717, 1.165) is 33.2 Å². The van der Waals surface area contributed by atoms with Crippen LogP contribution in [0.15, 0.2) is 66.7 Å². The number of anilines is 3. The molecule has 0 aliphatic rings. The normalized spacial score (nSPS) is 10.5. The number of fused-ring (bicyclic) bond motifs is 2. The first-order valence-corrected chi connectivity index (χ1v) is 8.87. The van der Waals surface area contributed by atoms with Crippen molar-refractivity contribution in [3.8, 4) is 0 Å². The van der Waals surface area contributed by atoms with Gasteiger partial charge in [-0.25, -0.2) is 4.98 Å². The average molecular weight is 395 g/mol. The van der Waals surface area contributed by atoms with Gasteiger partial charge in [-0.3, -0.25) is 0 Å². The first kappa shape index (κ1) is 21.1. The van der Waals surface area contributed by atoms with Gasteiger partial charge in [0.2, 0.25) is 0 Å². The van der Waals surface area contributed by atoms with Gasteiger partial charge < -0.3 is 25.6 Å². The number of nitrogens with zero attached hydrogens (tertiary/aromatic N) is 1. The smallest absolute Gasteiger partial charge is 0.548 e. The number of hydrogen-bond donors (Lipinski definition) is 3. The standard InChI is InChI=1S/C22H19N3O3.Na/c26-13-14-9-15(23-12-21(27)28)11-16(10-14)24-22-17-5-1-3-7-19(17)25-20-8-4-2-6-18(20)22;/h1-11,23,26H,12-13H2,(H,24,25)(H,27,28);/q;+1/p-1. The predicted molar refractivity (Wildman–Crippen MR) is 108 cm³/mol. The number of aliphatic hydroxyl groups is 1. The summed E-state index contributed by atoms with van der Waals surface area (Å²) in [6.07, 6.45) is 0. The van der Waals surface area contributed by atoms with Crippen LogP contribution in [0.3, 0.4) is 0 Å². The van der Waals surface area contributed by atoms with E-state index in [-0.39, 0.29) is 42.7 Å². The molecule has 0 spiro atoms. The fraction of sp³-hybridized carbons (Fsp3) is 0.0909. The van der Waals surface area contributed by atoms with E-state index in [0.29, 0.717) is 11.3 Å². The number of carbonyl (C=O) groups excluding carboxylic acids is 1. The van der Waals surface area contributed by atoms with Crippen LogP contribution in [-0.2, 0) is 11.4 Å². The van der Waals surface area contributed by atoms with E-state index >= 15 is 0 Å². The first-order chi connectivity index (χ1) is 13.6. The SMILES string of the molecule is O=C([O-])CNc1cc(CO)cc(Nc2c3ccccc3nc3ccccc23)c1.[Na+]. The molecule has 0 amide bonds. The third-order valence-electron chi connectivity index (χ3n) is 4.47. The molecule has 1 heterocycles. The quantitative estimate of drug-likeness (QED) is 0.309. The molecular weight excluding hydrogens is 377 g/mol. The third-order valence-corrected chi connectivity index (χ3v) is 4.47. The molecule has 29 heavy (non-hydrogen) atoms. The Morgan fingerprint density at radius 1 is 0.931 bits per heavy atom. The topological polar surface area (TPSA) is 97.3 Å². The molecule has 7 heteroatoms. The Hall–Kier alpha value is -2.64. The number of aliphatic hydroxyl groups excluding tert-OH is 1. The Morgan fingerprint density at radius 2 is 1.52 bits per heavy atom.